The Morgan fingerprint density at radius 1 is 1.10 bits per heavy atom. The molecule has 1 aliphatic rings. The van der Waals surface area contributed by atoms with Crippen LogP contribution in [0.1, 0.15) is 6.92 Å². The lowest BCUT2D eigenvalue weighted by Crippen LogP contribution is -2.30. The zero-order valence-electron chi connectivity index (χ0n) is 16.2. The van der Waals surface area contributed by atoms with E-state index in [0.717, 1.165) is 6.07 Å². The number of carbonyl (C=O) groups excluding carboxylic acids is 1. The molecule has 0 aliphatic carbocycles. The number of anilines is 2. The summed E-state index contributed by atoms with van der Waals surface area (Å²) >= 11 is 6.04. The van der Waals surface area contributed by atoms with E-state index in [0.29, 0.717) is 10.1 Å². The molecule has 0 spiro atoms. The van der Waals surface area contributed by atoms with Gasteiger partial charge in [0.15, 0.2) is 0 Å². The van der Waals surface area contributed by atoms with Gasteiger partial charge in [0.2, 0.25) is 15.9 Å². The van der Waals surface area contributed by atoms with Crippen LogP contribution in [0.4, 0.5) is 11.4 Å². The van der Waals surface area contributed by atoms with Crippen molar-refractivity contribution in [2.45, 2.75) is 11.8 Å². The van der Waals surface area contributed by atoms with Crippen molar-refractivity contribution >= 4 is 48.9 Å². The lowest BCUT2D eigenvalue weighted by Gasteiger charge is -2.18. The van der Waals surface area contributed by atoms with Crippen LogP contribution in [0.3, 0.4) is 0 Å². The molecule has 12 heteroatoms. The number of rotatable bonds is 6. The number of hydrogen-bond acceptors (Lipinski definition) is 7. The molecular formula is C18H19ClN2O7S2. The van der Waals surface area contributed by atoms with E-state index < -0.39 is 31.9 Å². The van der Waals surface area contributed by atoms with Gasteiger partial charge in [-0.25, -0.2) is 21.1 Å². The van der Waals surface area contributed by atoms with Gasteiger partial charge in [-0.2, -0.15) is 0 Å². The first kappa shape index (κ1) is 22.2. The molecule has 3 rings (SSSR count). The Balaban J connectivity index is 2.05. The third-order valence-corrected chi connectivity index (χ3v) is 8.00. The van der Waals surface area contributed by atoms with Gasteiger partial charge < -0.3 is 9.47 Å². The fourth-order valence-corrected chi connectivity index (χ4v) is 6.34. The largest absolute Gasteiger partial charge is 0.495 e. The van der Waals surface area contributed by atoms with Gasteiger partial charge in [-0.1, -0.05) is 18.5 Å². The first-order chi connectivity index (χ1) is 14.0. The van der Waals surface area contributed by atoms with E-state index in [1.54, 1.807) is 0 Å². The molecule has 0 aromatic heterocycles. The Kier molecular flexibility index (Phi) is 5.89. The summed E-state index contributed by atoms with van der Waals surface area (Å²) in [5.41, 5.74) is 0.0741. The van der Waals surface area contributed by atoms with E-state index in [1.807, 2.05) is 0 Å². The van der Waals surface area contributed by atoms with Crippen molar-refractivity contribution < 1.29 is 31.1 Å². The van der Waals surface area contributed by atoms with E-state index in [1.165, 1.54) is 51.5 Å². The second kappa shape index (κ2) is 7.97. The Labute approximate surface area is 179 Å². The van der Waals surface area contributed by atoms with Crippen molar-refractivity contribution in [3.05, 3.63) is 41.4 Å². The van der Waals surface area contributed by atoms with Crippen LogP contribution < -0.4 is 18.5 Å². The van der Waals surface area contributed by atoms with Crippen molar-refractivity contribution in [1.82, 2.24) is 0 Å². The van der Waals surface area contributed by atoms with E-state index in [4.69, 9.17) is 21.1 Å². The zero-order chi connectivity index (χ0) is 22.3. The van der Waals surface area contributed by atoms with Gasteiger partial charge in [-0.05, 0) is 36.4 Å². The Morgan fingerprint density at radius 2 is 1.73 bits per heavy atom. The molecule has 1 amide bonds. The summed E-state index contributed by atoms with van der Waals surface area (Å²) in [6, 6.07) is 8.00. The Hall–Kier alpha value is -2.50. The summed E-state index contributed by atoms with van der Waals surface area (Å²) < 4.78 is 63.9. The smallest absolute Gasteiger partial charge is 0.265 e. The molecule has 1 atom stereocenters. The van der Waals surface area contributed by atoms with Crippen LogP contribution >= 0.6 is 11.6 Å². The number of carbonyl (C=O) groups is 1. The molecule has 162 valence electrons. The molecular weight excluding hydrogens is 456 g/mol. The highest BCUT2D eigenvalue weighted by atomic mass is 35.5. The minimum absolute atomic E-state index is 0.0250. The molecule has 9 nitrogen and oxygen atoms in total. The molecule has 1 unspecified atom stereocenters. The van der Waals surface area contributed by atoms with Crippen LogP contribution in [0, 0.1) is 5.92 Å². The fourth-order valence-electron chi connectivity index (χ4n) is 3.03. The predicted octanol–water partition coefficient (Wildman–Crippen LogP) is 2.47. The third kappa shape index (κ3) is 4.05. The number of methoxy groups -OCH3 is 2. The maximum absolute atomic E-state index is 13.0. The number of ether oxygens (including phenoxy) is 2. The van der Waals surface area contributed by atoms with Gasteiger partial charge in [-0.3, -0.25) is 9.52 Å². The summed E-state index contributed by atoms with van der Waals surface area (Å²) in [6.45, 7) is 1.50. The number of amides is 1. The molecule has 0 radical (unpaired) electrons. The van der Waals surface area contributed by atoms with E-state index in [-0.39, 0.29) is 32.8 Å². The lowest BCUT2D eigenvalue weighted by molar-refractivity contribution is -0.119. The quantitative estimate of drug-likeness (QED) is 0.682. The highest BCUT2D eigenvalue weighted by Gasteiger charge is 2.42. The molecule has 2 aromatic rings. The van der Waals surface area contributed by atoms with Crippen LogP contribution in [-0.2, 0) is 24.8 Å². The Morgan fingerprint density at radius 3 is 2.27 bits per heavy atom. The second-order valence-corrected chi connectivity index (χ2v) is 10.5. The first-order valence-electron chi connectivity index (χ1n) is 8.61. The fraction of sp³-hybridized carbons (Fsp3) is 0.278. The van der Waals surface area contributed by atoms with Crippen LogP contribution in [0.25, 0.3) is 0 Å². The van der Waals surface area contributed by atoms with Gasteiger partial charge in [-0.15, -0.1) is 0 Å². The maximum Gasteiger partial charge on any atom is 0.265 e. The normalized spacial score (nSPS) is 18.3. The third-order valence-electron chi connectivity index (χ3n) is 4.44. The van der Waals surface area contributed by atoms with Gasteiger partial charge in [0.05, 0.1) is 42.3 Å². The molecule has 2 aromatic carbocycles. The average Bonchev–Trinajstić information content (AvgIpc) is 2.88. The summed E-state index contributed by atoms with van der Waals surface area (Å²) in [6.07, 6.45) is 0. The van der Waals surface area contributed by atoms with Crippen molar-refractivity contribution in [2.75, 3.05) is 29.0 Å². The van der Waals surface area contributed by atoms with E-state index in [2.05, 4.69) is 4.72 Å². The summed E-state index contributed by atoms with van der Waals surface area (Å²) in [5.74, 6) is -1.35. The molecule has 1 fully saturated rings. The SMILES string of the molecule is COc1ccc(NS(=O)(=O)c2cc(N3C(=O)C(C)CS3(=O)=O)ccc2OC)cc1Cl. The highest BCUT2D eigenvalue weighted by Crippen LogP contribution is 2.35. The number of halogens is 1. The number of hydrogen-bond donors (Lipinski definition) is 1. The van der Waals surface area contributed by atoms with Crippen LogP contribution in [-0.4, -0.2) is 42.7 Å². The van der Waals surface area contributed by atoms with Gasteiger partial charge in [0, 0.05) is 0 Å². The highest BCUT2D eigenvalue weighted by molar-refractivity contribution is 7.94. The van der Waals surface area contributed by atoms with E-state index >= 15 is 0 Å². The van der Waals surface area contributed by atoms with Gasteiger partial charge in [0.1, 0.15) is 16.4 Å². The molecule has 0 bridgehead atoms. The van der Waals surface area contributed by atoms with E-state index in [9.17, 15) is 21.6 Å². The van der Waals surface area contributed by atoms with Crippen molar-refractivity contribution in [2.24, 2.45) is 5.92 Å². The minimum atomic E-state index is -4.22. The van der Waals surface area contributed by atoms with Crippen LogP contribution in [0.5, 0.6) is 11.5 Å². The summed E-state index contributed by atoms with van der Waals surface area (Å²) in [7, 11) is -5.41. The zero-order valence-corrected chi connectivity index (χ0v) is 18.6. The molecule has 1 saturated heterocycles. The summed E-state index contributed by atoms with van der Waals surface area (Å²) in [5, 5.41) is 0.196. The van der Waals surface area contributed by atoms with Gasteiger partial charge in [0.25, 0.3) is 10.0 Å². The predicted molar refractivity (Wildman–Crippen MR) is 112 cm³/mol. The molecule has 1 aliphatic heterocycles. The first-order valence-corrected chi connectivity index (χ1v) is 12.1. The lowest BCUT2D eigenvalue weighted by atomic mass is 10.2. The van der Waals surface area contributed by atoms with Crippen LogP contribution in [0.2, 0.25) is 5.02 Å². The minimum Gasteiger partial charge on any atom is -0.495 e. The average molecular weight is 475 g/mol. The topological polar surface area (TPSA) is 119 Å². The van der Waals surface area contributed by atoms with Crippen molar-refractivity contribution in [1.29, 1.82) is 0 Å². The van der Waals surface area contributed by atoms with Crippen molar-refractivity contribution in [3.63, 3.8) is 0 Å². The summed E-state index contributed by atoms with van der Waals surface area (Å²) in [4.78, 5) is 12.0. The van der Waals surface area contributed by atoms with Crippen LogP contribution in [0.15, 0.2) is 41.3 Å². The molecule has 1 N–H and O–H groups in total. The van der Waals surface area contributed by atoms with Gasteiger partial charge >= 0.3 is 0 Å². The molecule has 0 saturated carbocycles. The molecule has 30 heavy (non-hydrogen) atoms. The number of benzene rings is 2. The second-order valence-electron chi connectivity index (χ2n) is 6.57. The number of nitrogens with one attached hydrogen (secondary N) is 1. The Bertz CT molecular complexity index is 1210. The van der Waals surface area contributed by atoms with Crippen molar-refractivity contribution in [3.8, 4) is 11.5 Å². The number of nitrogens with zero attached hydrogens (tertiary/aromatic N) is 1. The number of sulfonamides is 2. The monoisotopic (exact) mass is 474 g/mol. The maximum atomic E-state index is 13.0. The standard InChI is InChI=1S/C18H19ClN2O7S2/c1-11-10-29(23,24)21(18(11)22)13-5-7-16(28-3)17(9-13)30(25,26)20-12-4-6-15(27-2)14(19)8-12/h4-9,11,20H,10H2,1-3H3. The molecule has 1 heterocycles.